The van der Waals surface area contributed by atoms with E-state index in [1.165, 1.54) is 11.8 Å². The Morgan fingerprint density at radius 2 is 2.11 bits per heavy atom. The van der Waals surface area contributed by atoms with Crippen molar-refractivity contribution in [3.8, 4) is 5.88 Å². The Balaban J connectivity index is 2.78. The number of aromatic nitrogens is 2. The third-order valence-corrected chi connectivity index (χ3v) is 3.72. The van der Waals surface area contributed by atoms with E-state index in [1.54, 1.807) is 0 Å². The second kappa shape index (κ2) is 6.42. The molecule has 0 spiro atoms. The van der Waals surface area contributed by atoms with Crippen LogP contribution in [0.4, 0.5) is 13.2 Å². The van der Waals surface area contributed by atoms with E-state index in [1.807, 2.05) is 6.92 Å². The summed E-state index contributed by atoms with van der Waals surface area (Å²) in [6, 6.07) is 0.952. The number of hydrogen-bond acceptors (Lipinski definition) is 6. The Kier molecular flexibility index (Phi) is 5.41. The van der Waals surface area contributed by atoms with Gasteiger partial charge in [-0.05, 0) is 6.42 Å². The SMILES string of the molecule is CCCCSc1nccc(OS(=O)(=O)C(F)(F)F)n1. The zero-order valence-corrected chi connectivity index (χ0v) is 11.5. The largest absolute Gasteiger partial charge is 0.534 e. The summed E-state index contributed by atoms with van der Waals surface area (Å²) >= 11 is 1.21. The van der Waals surface area contributed by atoms with Crippen molar-refractivity contribution in [1.29, 1.82) is 0 Å². The molecule has 0 aliphatic carbocycles. The van der Waals surface area contributed by atoms with Crippen LogP contribution in [0.5, 0.6) is 5.88 Å². The molecule has 0 fully saturated rings. The van der Waals surface area contributed by atoms with Gasteiger partial charge >= 0.3 is 15.6 Å². The van der Waals surface area contributed by atoms with Crippen LogP contribution in [0.15, 0.2) is 17.4 Å². The third kappa shape index (κ3) is 4.86. The van der Waals surface area contributed by atoms with E-state index in [2.05, 4.69) is 14.2 Å². The normalized spacial score (nSPS) is 12.4. The Hall–Kier alpha value is -1.03. The second-order valence-electron chi connectivity index (χ2n) is 3.36. The Morgan fingerprint density at radius 3 is 2.68 bits per heavy atom. The fourth-order valence-electron chi connectivity index (χ4n) is 0.909. The summed E-state index contributed by atoms with van der Waals surface area (Å²) in [4.78, 5) is 7.39. The molecular formula is C9H11F3N2O3S2. The van der Waals surface area contributed by atoms with Gasteiger partial charge in [0.1, 0.15) is 0 Å². The topological polar surface area (TPSA) is 69.2 Å². The summed E-state index contributed by atoms with van der Waals surface area (Å²) in [6.07, 6.45) is 2.98. The van der Waals surface area contributed by atoms with Crippen molar-refractivity contribution in [2.75, 3.05) is 5.75 Å². The van der Waals surface area contributed by atoms with Gasteiger partial charge in [-0.2, -0.15) is 26.6 Å². The average Bonchev–Trinajstić information content (AvgIpc) is 2.27. The van der Waals surface area contributed by atoms with Gasteiger partial charge in [0, 0.05) is 18.0 Å². The maximum absolute atomic E-state index is 12.1. The molecule has 1 aromatic heterocycles. The van der Waals surface area contributed by atoms with Crippen LogP contribution in [0.2, 0.25) is 0 Å². The van der Waals surface area contributed by atoms with E-state index in [-0.39, 0.29) is 5.16 Å². The van der Waals surface area contributed by atoms with Gasteiger partial charge < -0.3 is 4.18 Å². The molecule has 0 saturated carbocycles. The average molecular weight is 316 g/mol. The summed E-state index contributed by atoms with van der Waals surface area (Å²) in [5.41, 5.74) is -5.48. The van der Waals surface area contributed by atoms with Crippen molar-refractivity contribution >= 4 is 21.9 Å². The molecule has 1 aromatic rings. The fraction of sp³-hybridized carbons (Fsp3) is 0.556. The molecule has 10 heteroatoms. The molecule has 0 atom stereocenters. The van der Waals surface area contributed by atoms with E-state index in [9.17, 15) is 21.6 Å². The predicted octanol–water partition coefficient (Wildman–Crippen LogP) is 2.60. The van der Waals surface area contributed by atoms with Gasteiger partial charge in [-0.25, -0.2) is 4.98 Å². The number of alkyl halides is 3. The summed E-state index contributed by atoms with van der Waals surface area (Å²) in [5.74, 6) is 0.0396. The second-order valence-corrected chi connectivity index (χ2v) is 5.96. The smallest absolute Gasteiger partial charge is 0.355 e. The zero-order chi connectivity index (χ0) is 14.5. The van der Waals surface area contributed by atoms with Gasteiger partial charge in [0.15, 0.2) is 5.16 Å². The minimum Gasteiger partial charge on any atom is -0.355 e. The Bertz CT molecular complexity index is 520. The monoisotopic (exact) mass is 316 g/mol. The van der Waals surface area contributed by atoms with Crippen LogP contribution < -0.4 is 4.18 Å². The minimum absolute atomic E-state index is 0.170. The molecular weight excluding hydrogens is 305 g/mol. The molecule has 0 bridgehead atoms. The van der Waals surface area contributed by atoms with Gasteiger partial charge in [-0.3, -0.25) is 0 Å². The standard InChI is InChI=1S/C9H11F3N2O3S2/c1-2-3-6-18-8-13-5-4-7(14-8)17-19(15,16)9(10,11)12/h4-5H,2-3,6H2,1H3. The van der Waals surface area contributed by atoms with Crippen molar-refractivity contribution in [3.05, 3.63) is 12.3 Å². The van der Waals surface area contributed by atoms with E-state index >= 15 is 0 Å². The van der Waals surface area contributed by atoms with Gasteiger partial charge in [-0.1, -0.05) is 25.1 Å². The molecule has 108 valence electrons. The van der Waals surface area contributed by atoms with Crippen molar-refractivity contribution in [2.45, 2.75) is 30.4 Å². The summed E-state index contributed by atoms with van der Waals surface area (Å²) in [7, 11) is -5.69. The van der Waals surface area contributed by atoms with Crippen molar-refractivity contribution in [2.24, 2.45) is 0 Å². The highest BCUT2D eigenvalue weighted by Crippen LogP contribution is 2.26. The van der Waals surface area contributed by atoms with E-state index in [0.717, 1.165) is 25.1 Å². The van der Waals surface area contributed by atoms with Gasteiger partial charge in [-0.15, -0.1) is 0 Å². The maximum atomic E-state index is 12.1. The van der Waals surface area contributed by atoms with Gasteiger partial charge in [0.25, 0.3) is 0 Å². The highest BCUT2D eigenvalue weighted by atomic mass is 32.2. The summed E-state index contributed by atoms with van der Waals surface area (Å²) < 4.78 is 61.8. The molecule has 0 aliphatic rings. The lowest BCUT2D eigenvalue weighted by Gasteiger charge is -2.08. The first-order valence-electron chi connectivity index (χ1n) is 5.23. The molecule has 0 unspecified atom stereocenters. The third-order valence-electron chi connectivity index (χ3n) is 1.82. The highest BCUT2D eigenvalue weighted by molar-refractivity contribution is 7.99. The number of halogens is 3. The molecule has 0 aromatic carbocycles. The first-order chi connectivity index (χ1) is 8.76. The number of rotatable bonds is 6. The molecule has 1 heterocycles. The first kappa shape index (κ1) is 16.0. The van der Waals surface area contributed by atoms with Gasteiger partial charge in [0.05, 0.1) is 0 Å². The summed E-state index contributed by atoms with van der Waals surface area (Å²) in [6.45, 7) is 1.98. The predicted molar refractivity (Wildman–Crippen MR) is 63.3 cm³/mol. The van der Waals surface area contributed by atoms with Crippen LogP contribution in [0.1, 0.15) is 19.8 Å². The zero-order valence-electron chi connectivity index (χ0n) is 9.85. The van der Waals surface area contributed by atoms with Crippen LogP contribution in [-0.4, -0.2) is 29.6 Å². The van der Waals surface area contributed by atoms with Crippen molar-refractivity contribution in [1.82, 2.24) is 9.97 Å². The van der Waals surface area contributed by atoms with Crippen LogP contribution >= 0.6 is 11.8 Å². The van der Waals surface area contributed by atoms with E-state index in [4.69, 9.17) is 0 Å². The van der Waals surface area contributed by atoms with Crippen LogP contribution in [0.25, 0.3) is 0 Å². The Labute approximate surface area is 112 Å². The molecule has 0 aliphatic heterocycles. The highest BCUT2D eigenvalue weighted by Gasteiger charge is 2.48. The maximum Gasteiger partial charge on any atom is 0.534 e. The first-order valence-corrected chi connectivity index (χ1v) is 7.62. The van der Waals surface area contributed by atoms with Crippen LogP contribution in [-0.2, 0) is 10.1 Å². The molecule has 0 N–H and O–H groups in total. The van der Waals surface area contributed by atoms with Crippen LogP contribution in [0.3, 0.4) is 0 Å². The molecule has 0 saturated heterocycles. The minimum atomic E-state index is -5.69. The molecule has 0 amide bonds. The number of hydrogen-bond donors (Lipinski definition) is 0. The lowest BCUT2D eigenvalue weighted by molar-refractivity contribution is -0.0501. The fourth-order valence-corrected chi connectivity index (χ4v) is 2.23. The van der Waals surface area contributed by atoms with Gasteiger partial charge in [0.2, 0.25) is 5.88 Å². The number of unbranched alkanes of at least 4 members (excludes halogenated alkanes) is 1. The van der Waals surface area contributed by atoms with E-state index in [0.29, 0.717) is 5.75 Å². The summed E-state index contributed by atoms with van der Waals surface area (Å²) in [5, 5.41) is 0.170. The van der Waals surface area contributed by atoms with Crippen LogP contribution in [0, 0.1) is 0 Å². The lowest BCUT2D eigenvalue weighted by atomic mass is 10.4. The quantitative estimate of drug-likeness (QED) is 0.264. The lowest BCUT2D eigenvalue weighted by Crippen LogP contribution is -2.28. The number of nitrogens with zero attached hydrogens (tertiary/aromatic N) is 2. The molecule has 5 nitrogen and oxygen atoms in total. The molecule has 1 rings (SSSR count). The van der Waals surface area contributed by atoms with E-state index < -0.39 is 21.5 Å². The molecule has 0 radical (unpaired) electrons. The van der Waals surface area contributed by atoms with Crippen molar-refractivity contribution in [3.63, 3.8) is 0 Å². The Morgan fingerprint density at radius 1 is 1.42 bits per heavy atom. The number of thioether (sulfide) groups is 1. The van der Waals surface area contributed by atoms with Crippen molar-refractivity contribution < 1.29 is 25.8 Å². The molecule has 19 heavy (non-hydrogen) atoms.